The summed E-state index contributed by atoms with van der Waals surface area (Å²) >= 11 is 1.57. The van der Waals surface area contributed by atoms with Gasteiger partial charge in [-0.3, -0.25) is 4.79 Å². The predicted molar refractivity (Wildman–Crippen MR) is 67.6 cm³/mol. The maximum Gasteiger partial charge on any atom is 0.220 e. The Bertz CT molecular complexity index is 320. The van der Waals surface area contributed by atoms with E-state index in [9.17, 15) is 4.79 Å². The van der Waals surface area contributed by atoms with Crippen LogP contribution < -0.4 is 5.32 Å². The van der Waals surface area contributed by atoms with Gasteiger partial charge in [-0.25, -0.2) is 4.98 Å². The zero-order valence-electron chi connectivity index (χ0n) is 10.2. The van der Waals surface area contributed by atoms with Crippen molar-refractivity contribution in [2.24, 2.45) is 0 Å². The van der Waals surface area contributed by atoms with E-state index >= 15 is 0 Å². The highest BCUT2D eigenvalue weighted by atomic mass is 32.1. The van der Waals surface area contributed by atoms with E-state index in [4.69, 9.17) is 0 Å². The van der Waals surface area contributed by atoms with Crippen LogP contribution >= 0.6 is 11.3 Å². The topological polar surface area (TPSA) is 42.0 Å². The minimum Gasteiger partial charge on any atom is -0.351 e. The fourth-order valence-corrected chi connectivity index (χ4v) is 2.32. The number of amides is 1. The zero-order valence-corrected chi connectivity index (χ0v) is 11.1. The van der Waals surface area contributed by atoms with Gasteiger partial charge in [-0.1, -0.05) is 13.3 Å². The summed E-state index contributed by atoms with van der Waals surface area (Å²) < 4.78 is 0. The third-order valence-corrected chi connectivity index (χ3v) is 3.08. The summed E-state index contributed by atoms with van der Waals surface area (Å²) in [6.07, 6.45) is 3.35. The lowest BCUT2D eigenvalue weighted by molar-refractivity contribution is -0.122. The molecule has 0 radical (unpaired) electrons. The molecule has 0 aromatic carbocycles. The third kappa shape index (κ3) is 4.75. The van der Waals surface area contributed by atoms with Crippen LogP contribution in [0.4, 0.5) is 0 Å². The van der Waals surface area contributed by atoms with Gasteiger partial charge in [0.05, 0.1) is 11.2 Å². The van der Waals surface area contributed by atoms with Crippen LogP contribution in [0.15, 0.2) is 10.9 Å². The van der Waals surface area contributed by atoms with Crippen LogP contribution in [0.5, 0.6) is 0 Å². The Morgan fingerprint density at radius 1 is 1.56 bits per heavy atom. The Hall–Kier alpha value is -0.900. The number of hydrogen-bond acceptors (Lipinski definition) is 3. The summed E-state index contributed by atoms with van der Waals surface area (Å²) in [4.78, 5) is 15.9. The van der Waals surface area contributed by atoms with E-state index in [1.807, 2.05) is 5.38 Å². The smallest absolute Gasteiger partial charge is 0.220 e. The normalized spacial score (nSPS) is 11.4. The van der Waals surface area contributed by atoms with Gasteiger partial charge in [-0.05, 0) is 26.7 Å². The van der Waals surface area contributed by atoms with Crippen molar-refractivity contribution in [3.8, 4) is 0 Å². The summed E-state index contributed by atoms with van der Waals surface area (Å²) in [6, 6.07) is 0. The van der Waals surface area contributed by atoms with Crippen LogP contribution in [0.3, 0.4) is 0 Å². The molecule has 3 nitrogen and oxygen atoms in total. The number of thiazole rings is 1. The summed E-state index contributed by atoms with van der Waals surface area (Å²) in [7, 11) is 0. The monoisotopic (exact) mass is 240 g/mol. The van der Waals surface area contributed by atoms with E-state index < -0.39 is 0 Å². The summed E-state index contributed by atoms with van der Waals surface area (Å²) in [5.41, 5.74) is 2.72. The number of aryl methyl sites for hydroxylation is 1. The molecule has 1 heterocycles. The maximum atomic E-state index is 11.7. The van der Waals surface area contributed by atoms with Crippen LogP contribution in [-0.2, 0) is 11.2 Å². The SMILES string of the molecule is CCCC(C)(C)NC(=O)CCc1cscn1. The Morgan fingerprint density at radius 2 is 2.31 bits per heavy atom. The molecule has 0 saturated heterocycles. The van der Waals surface area contributed by atoms with Crippen molar-refractivity contribution in [3.63, 3.8) is 0 Å². The molecule has 0 aliphatic rings. The molecular weight excluding hydrogens is 220 g/mol. The molecule has 1 aromatic rings. The Morgan fingerprint density at radius 3 is 2.88 bits per heavy atom. The van der Waals surface area contributed by atoms with Gasteiger partial charge in [0.1, 0.15) is 0 Å². The van der Waals surface area contributed by atoms with Gasteiger partial charge in [0.15, 0.2) is 0 Å². The molecule has 0 spiro atoms. The van der Waals surface area contributed by atoms with Crippen molar-refractivity contribution in [3.05, 3.63) is 16.6 Å². The van der Waals surface area contributed by atoms with Crippen LogP contribution in [-0.4, -0.2) is 16.4 Å². The van der Waals surface area contributed by atoms with Crippen LogP contribution in [0.1, 0.15) is 45.7 Å². The number of carbonyl (C=O) groups is 1. The number of rotatable bonds is 6. The standard InChI is InChI=1S/C12H20N2OS/c1-4-7-12(2,3)14-11(15)6-5-10-8-16-9-13-10/h8-9H,4-7H2,1-3H3,(H,14,15). The van der Waals surface area contributed by atoms with Crippen molar-refractivity contribution < 1.29 is 4.79 Å². The van der Waals surface area contributed by atoms with Gasteiger partial charge >= 0.3 is 0 Å². The molecule has 0 aliphatic heterocycles. The number of nitrogens with zero attached hydrogens (tertiary/aromatic N) is 1. The van der Waals surface area contributed by atoms with Gasteiger partial charge < -0.3 is 5.32 Å². The second-order valence-electron chi connectivity index (χ2n) is 4.66. The van der Waals surface area contributed by atoms with Gasteiger partial charge in [-0.15, -0.1) is 11.3 Å². The molecule has 1 N–H and O–H groups in total. The van der Waals surface area contributed by atoms with Crippen LogP contribution in [0.25, 0.3) is 0 Å². The van der Waals surface area contributed by atoms with Crippen molar-refractivity contribution in [1.82, 2.24) is 10.3 Å². The van der Waals surface area contributed by atoms with Crippen molar-refractivity contribution in [2.45, 2.75) is 52.0 Å². The fraction of sp³-hybridized carbons (Fsp3) is 0.667. The number of carbonyl (C=O) groups excluding carboxylic acids is 1. The Labute approximate surface area is 101 Å². The van der Waals surface area contributed by atoms with Gasteiger partial charge in [0.2, 0.25) is 5.91 Å². The average Bonchev–Trinajstić information content (AvgIpc) is 2.66. The average molecular weight is 240 g/mol. The van der Waals surface area contributed by atoms with Crippen molar-refractivity contribution in [1.29, 1.82) is 0 Å². The van der Waals surface area contributed by atoms with E-state index in [-0.39, 0.29) is 11.4 Å². The predicted octanol–water partition coefficient (Wildman–Crippen LogP) is 2.77. The number of hydrogen-bond donors (Lipinski definition) is 1. The second-order valence-corrected chi connectivity index (χ2v) is 5.38. The molecule has 16 heavy (non-hydrogen) atoms. The van der Waals surface area contributed by atoms with E-state index in [2.05, 4.69) is 31.1 Å². The van der Waals surface area contributed by atoms with Gasteiger partial charge in [0.25, 0.3) is 0 Å². The fourth-order valence-electron chi connectivity index (χ4n) is 1.73. The highest BCUT2D eigenvalue weighted by molar-refractivity contribution is 7.07. The minimum absolute atomic E-state index is 0.0894. The van der Waals surface area contributed by atoms with E-state index in [1.165, 1.54) is 0 Å². The quantitative estimate of drug-likeness (QED) is 0.830. The third-order valence-electron chi connectivity index (χ3n) is 2.44. The summed E-state index contributed by atoms with van der Waals surface area (Å²) in [5.74, 6) is 0.117. The largest absolute Gasteiger partial charge is 0.351 e. The lowest BCUT2D eigenvalue weighted by Crippen LogP contribution is -2.43. The van der Waals surface area contributed by atoms with E-state index in [0.29, 0.717) is 6.42 Å². The van der Waals surface area contributed by atoms with Crippen molar-refractivity contribution in [2.75, 3.05) is 0 Å². The molecule has 0 saturated carbocycles. The first-order valence-corrected chi connectivity index (χ1v) is 6.66. The number of aromatic nitrogens is 1. The minimum atomic E-state index is -0.0894. The lowest BCUT2D eigenvalue weighted by atomic mass is 9.98. The first-order chi connectivity index (χ1) is 7.53. The molecule has 90 valence electrons. The Kier molecular flexibility index (Phi) is 4.93. The lowest BCUT2D eigenvalue weighted by Gasteiger charge is -2.25. The summed E-state index contributed by atoms with van der Waals surface area (Å²) in [6.45, 7) is 6.26. The molecule has 0 bridgehead atoms. The highest BCUT2D eigenvalue weighted by Crippen LogP contribution is 2.11. The van der Waals surface area contributed by atoms with E-state index in [1.54, 1.807) is 16.8 Å². The molecule has 0 unspecified atom stereocenters. The first-order valence-electron chi connectivity index (χ1n) is 5.71. The zero-order chi connectivity index (χ0) is 12.0. The molecule has 0 fully saturated rings. The van der Waals surface area contributed by atoms with E-state index in [0.717, 1.165) is 25.0 Å². The van der Waals surface area contributed by atoms with Crippen molar-refractivity contribution >= 4 is 17.2 Å². The molecule has 1 aromatic heterocycles. The molecule has 1 amide bonds. The maximum absolute atomic E-state index is 11.7. The number of nitrogens with one attached hydrogen (secondary N) is 1. The van der Waals surface area contributed by atoms with Gasteiger partial charge in [0, 0.05) is 17.3 Å². The summed E-state index contributed by atoms with van der Waals surface area (Å²) in [5, 5.41) is 5.05. The Balaban J connectivity index is 2.30. The first kappa shape index (κ1) is 13.2. The van der Waals surface area contributed by atoms with Crippen LogP contribution in [0, 0.1) is 0 Å². The molecular formula is C12H20N2OS. The molecule has 4 heteroatoms. The molecule has 0 atom stereocenters. The molecule has 0 aliphatic carbocycles. The van der Waals surface area contributed by atoms with Crippen LogP contribution in [0.2, 0.25) is 0 Å². The second kappa shape index (κ2) is 5.99. The molecule has 1 rings (SSSR count). The van der Waals surface area contributed by atoms with Gasteiger partial charge in [-0.2, -0.15) is 0 Å². The highest BCUT2D eigenvalue weighted by Gasteiger charge is 2.18.